The van der Waals surface area contributed by atoms with Crippen molar-refractivity contribution in [3.63, 3.8) is 0 Å². The Balaban J connectivity index is 2.01. The first-order valence-electron chi connectivity index (χ1n) is 7.86. The highest BCUT2D eigenvalue weighted by Gasteiger charge is 2.08. The van der Waals surface area contributed by atoms with Gasteiger partial charge in [0, 0.05) is 23.9 Å². The standard InChI is InChI=1S/C19H22N2O3/c1-13(2)12-24-18-6-4-5-15(11-18)19(23)21-17-9-7-16(8-10-17)20-14(3)22/h4-11,13H,12H2,1-3H3,(H,20,22)(H,21,23). The molecule has 2 amide bonds. The molecule has 0 aliphatic heterocycles. The van der Waals surface area contributed by atoms with Crippen molar-refractivity contribution in [2.75, 3.05) is 17.2 Å². The highest BCUT2D eigenvalue weighted by Crippen LogP contribution is 2.17. The van der Waals surface area contributed by atoms with Crippen LogP contribution in [0.5, 0.6) is 5.75 Å². The number of anilines is 2. The van der Waals surface area contributed by atoms with E-state index in [2.05, 4.69) is 24.5 Å². The fourth-order valence-corrected chi connectivity index (χ4v) is 2.03. The Morgan fingerprint density at radius 3 is 2.21 bits per heavy atom. The van der Waals surface area contributed by atoms with Gasteiger partial charge < -0.3 is 15.4 Å². The lowest BCUT2D eigenvalue weighted by molar-refractivity contribution is -0.114. The lowest BCUT2D eigenvalue weighted by atomic mass is 10.2. The monoisotopic (exact) mass is 326 g/mol. The molecule has 2 N–H and O–H groups in total. The summed E-state index contributed by atoms with van der Waals surface area (Å²) in [7, 11) is 0. The van der Waals surface area contributed by atoms with Crippen LogP contribution in [0.2, 0.25) is 0 Å². The molecule has 5 heteroatoms. The summed E-state index contributed by atoms with van der Waals surface area (Å²) >= 11 is 0. The van der Waals surface area contributed by atoms with Crippen molar-refractivity contribution in [3.8, 4) is 5.75 Å². The summed E-state index contributed by atoms with van der Waals surface area (Å²) in [5, 5.41) is 5.50. The van der Waals surface area contributed by atoms with Crippen LogP contribution in [-0.4, -0.2) is 18.4 Å². The molecule has 0 saturated carbocycles. The van der Waals surface area contributed by atoms with Crippen LogP contribution in [0.4, 0.5) is 11.4 Å². The van der Waals surface area contributed by atoms with Crippen LogP contribution in [0.15, 0.2) is 48.5 Å². The van der Waals surface area contributed by atoms with Crippen molar-refractivity contribution in [2.24, 2.45) is 5.92 Å². The smallest absolute Gasteiger partial charge is 0.255 e. The SMILES string of the molecule is CC(=O)Nc1ccc(NC(=O)c2cccc(OCC(C)C)c2)cc1. The number of hydrogen-bond donors (Lipinski definition) is 2. The molecule has 0 aromatic heterocycles. The van der Waals surface area contributed by atoms with Gasteiger partial charge in [0.25, 0.3) is 5.91 Å². The molecule has 0 spiro atoms. The molecule has 0 saturated heterocycles. The number of carbonyl (C=O) groups is 2. The van der Waals surface area contributed by atoms with Gasteiger partial charge in [0.15, 0.2) is 0 Å². The fourth-order valence-electron chi connectivity index (χ4n) is 2.03. The Bertz CT molecular complexity index is 709. The molecule has 0 aliphatic carbocycles. The third-order valence-electron chi connectivity index (χ3n) is 3.14. The lowest BCUT2D eigenvalue weighted by Gasteiger charge is -2.10. The van der Waals surface area contributed by atoms with E-state index in [0.717, 1.165) is 0 Å². The Morgan fingerprint density at radius 2 is 1.62 bits per heavy atom. The molecule has 0 bridgehead atoms. The normalized spacial score (nSPS) is 10.3. The fraction of sp³-hybridized carbons (Fsp3) is 0.263. The second-order valence-corrected chi connectivity index (χ2v) is 5.95. The minimum absolute atomic E-state index is 0.134. The van der Waals surface area contributed by atoms with E-state index in [9.17, 15) is 9.59 Å². The van der Waals surface area contributed by atoms with Gasteiger partial charge in [0.1, 0.15) is 5.75 Å². The minimum atomic E-state index is -0.211. The molecule has 0 atom stereocenters. The maximum atomic E-state index is 12.3. The molecule has 5 nitrogen and oxygen atoms in total. The van der Waals surface area contributed by atoms with Gasteiger partial charge in [-0.25, -0.2) is 0 Å². The molecule has 0 fully saturated rings. The molecule has 0 aliphatic rings. The maximum absolute atomic E-state index is 12.3. The number of rotatable bonds is 6. The van der Waals surface area contributed by atoms with Gasteiger partial charge in [0.05, 0.1) is 6.61 Å². The zero-order valence-electron chi connectivity index (χ0n) is 14.1. The Kier molecular flexibility index (Phi) is 5.95. The predicted octanol–water partition coefficient (Wildman–Crippen LogP) is 3.93. The van der Waals surface area contributed by atoms with E-state index in [0.29, 0.717) is 35.2 Å². The lowest BCUT2D eigenvalue weighted by Crippen LogP contribution is -2.12. The third kappa shape index (κ3) is 5.43. The van der Waals surface area contributed by atoms with Gasteiger partial charge in [-0.1, -0.05) is 19.9 Å². The van der Waals surface area contributed by atoms with Crippen LogP contribution in [-0.2, 0) is 4.79 Å². The van der Waals surface area contributed by atoms with Gasteiger partial charge in [-0.05, 0) is 48.4 Å². The van der Waals surface area contributed by atoms with Gasteiger partial charge in [0.2, 0.25) is 5.91 Å². The first-order chi connectivity index (χ1) is 11.4. The number of hydrogen-bond acceptors (Lipinski definition) is 3. The Labute approximate surface area is 142 Å². The quantitative estimate of drug-likeness (QED) is 0.845. The van der Waals surface area contributed by atoms with Crippen molar-refractivity contribution >= 4 is 23.2 Å². The highest BCUT2D eigenvalue weighted by atomic mass is 16.5. The Hall–Kier alpha value is -2.82. The first-order valence-corrected chi connectivity index (χ1v) is 7.86. The highest BCUT2D eigenvalue weighted by molar-refractivity contribution is 6.04. The zero-order chi connectivity index (χ0) is 17.5. The van der Waals surface area contributed by atoms with Gasteiger partial charge in [-0.15, -0.1) is 0 Å². The summed E-state index contributed by atoms with van der Waals surface area (Å²) in [6.45, 7) is 6.20. The molecule has 0 heterocycles. The summed E-state index contributed by atoms with van der Waals surface area (Å²) in [4.78, 5) is 23.3. The van der Waals surface area contributed by atoms with Crippen molar-refractivity contribution in [2.45, 2.75) is 20.8 Å². The van der Waals surface area contributed by atoms with Crippen LogP contribution in [0.25, 0.3) is 0 Å². The average Bonchev–Trinajstić information content (AvgIpc) is 2.54. The van der Waals surface area contributed by atoms with E-state index in [1.54, 1.807) is 42.5 Å². The molecule has 126 valence electrons. The summed E-state index contributed by atoms with van der Waals surface area (Å²) in [5.74, 6) is 0.754. The van der Waals surface area contributed by atoms with Crippen LogP contribution in [0, 0.1) is 5.92 Å². The van der Waals surface area contributed by atoms with Gasteiger partial charge >= 0.3 is 0 Å². The van der Waals surface area contributed by atoms with E-state index >= 15 is 0 Å². The predicted molar refractivity (Wildman–Crippen MR) is 95.5 cm³/mol. The van der Waals surface area contributed by atoms with Crippen molar-refractivity contribution in [3.05, 3.63) is 54.1 Å². The number of carbonyl (C=O) groups excluding carboxylic acids is 2. The number of nitrogens with one attached hydrogen (secondary N) is 2. The topological polar surface area (TPSA) is 67.4 Å². The van der Waals surface area contributed by atoms with Crippen LogP contribution in [0.1, 0.15) is 31.1 Å². The number of ether oxygens (including phenoxy) is 1. The van der Waals surface area contributed by atoms with Gasteiger partial charge in [-0.2, -0.15) is 0 Å². The van der Waals surface area contributed by atoms with E-state index < -0.39 is 0 Å². The zero-order valence-corrected chi connectivity index (χ0v) is 14.1. The molecule has 24 heavy (non-hydrogen) atoms. The van der Waals surface area contributed by atoms with E-state index in [1.165, 1.54) is 6.92 Å². The second-order valence-electron chi connectivity index (χ2n) is 5.95. The molecular formula is C19H22N2O3. The van der Waals surface area contributed by atoms with E-state index in [1.807, 2.05) is 6.07 Å². The summed E-state index contributed by atoms with van der Waals surface area (Å²) in [6.07, 6.45) is 0. The first kappa shape index (κ1) is 17.5. The van der Waals surface area contributed by atoms with Crippen LogP contribution >= 0.6 is 0 Å². The van der Waals surface area contributed by atoms with Crippen LogP contribution in [0.3, 0.4) is 0 Å². The molecule has 2 aromatic carbocycles. The van der Waals surface area contributed by atoms with Gasteiger partial charge in [-0.3, -0.25) is 9.59 Å². The molecule has 2 rings (SSSR count). The molecular weight excluding hydrogens is 304 g/mol. The number of benzene rings is 2. The van der Waals surface area contributed by atoms with E-state index in [4.69, 9.17) is 4.74 Å². The van der Waals surface area contributed by atoms with Crippen LogP contribution < -0.4 is 15.4 Å². The Morgan fingerprint density at radius 1 is 1.00 bits per heavy atom. The summed E-state index contributed by atoms with van der Waals surface area (Å²) < 4.78 is 5.64. The van der Waals surface area contributed by atoms with E-state index in [-0.39, 0.29) is 11.8 Å². The minimum Gasteiger partial charge on any atom is -0.493 e. The maximum Gasteiger partial charge on any atom is 0.255 e. The molecule has 0 unspecified atom stereocenters. The second kappa shape index (κ2) is 8.15. The summed E-state index contributed by atoms with van der Waals surface area (Å²) in [6, 6.07) is 14.0. The average molecular weight is 326 g/mol. The molecule has 0 radical (unpaired) electrons. The van der Waals surface area contributed by atoms with Crippen molar-refractivity contribution in [1.29, 1.82) is 0 Å². The van der Waals surface area contributed by atoms with Crippen molar-refractivity contribution in [1.82, 2.24) is 0 Å². The largest absolute Gasteiger partial charge is 0.493 e. The third-order valence-corrected chi connectivity index (χ3v) is 3.14. The number of amides is 2. The summed E-state index contributed by atoms with van der Waals surface area (Å²) in [5.41, 5.74) is 1.87. The molecule has 2 aromatic rings. The van der Waals surface area contributed by atoms with Crippen molar-refractivity contribution < 1.29 is 14.3 Å².